The summed E-state index contributed by atoms with van der Waals surface area (Å²) in [6, 6.07) is 14.8. The first kappa shape index (κ1) is 23.4. The number of aliphatic carboxylic acids is 1. The Morgan fingerprint density at radius 2 is 1.71 bits per heavy atom. The molecular formula is C24H23N3O6S. The summed E-state index contributed by atoms with van der Waals surface area (Å²) < 4.78 is 10.5. The minimum Gasteiger partial charge on any atom is -0.480 e. The maximum absolute atomic E-state index is 12.4. The number of amides is 2. The normalized spacial score (nSPS) is 13.9. The molecule has 176 valence electrons. The highest BCUT2D eigenvalue weighted by atomic mass is 32.1. The summed E-state index contributed by atoms with van der Waals surface area (Å²) in [5.41, 5.74) is 4.44. The number of ether oxygens (including phenoxy) is 2. The van der Waals surface area contributed by atoms with Crippen LogP contribution in [0, 0.1) is 0 Å². The molecule has 9 nitrogen and oxygen atoms in total. The number of carbonyl (C=O) groups excluding carboxylic acids is 2. The van der Waals surface area contributed by atoms with Crippen LogP contribution in [-0.4, -0.2) is 53.9 Å². The molecule has 0 saturated heterocycles. The minimum atomic E-state index is -1.24. The third-order valence-electron chi connectivity index (χ3n) is 5.68. The van der Waals surface area contributed by atoms with E-state index in [2.05, 4.69) is 27.8 Å². The van der Waals surface area contributed by atoms with Crippen molar-refractivity contribution in [2.24, 2.45) is 0 Å². The highest BCUT2D eigenvalue weighted by Gasteiger charge is 2.30. The quantitative estimate of drug-likeness (QED) is 0.447. The zero-order chi connectivity index (χ0) is 24.2. The topological polar surface area (TPSA) is 127 Å². The maximum Gasteiger partial charge on any atom is 0.413 e. The highest BCUT2D eigenvalue weighted by molar-refractivity contribution is 7.14. The summed E-state index contributed by atoms with van der Waals surface area (Å²) in [5.74, 6) is -1.99. The second-order valence-electron chi connectivity index (χ2n) is 7.72. The lowest BCUT2D eigenvalue weighted by molar-refractivity contribution is -0.142. The molecule has 1 aromatic heterocycles. The van der Waals surface area contributed by atoms with Gasteiger partial charge in [-0.25, -0.2) is 14.6 Å². The smallest absolute Gasteiger partial charge is 0.413 e. The summed E-state index contributed by atoms with van der Waals surface area (Å²) in [6.07, 6.45) is -1.43. The number of aromatic nitrogens is 1. The van der Waals surface area contributed by atoms with Crippen LogP contribution in [0.3, 0.4) is 0 Å². The Balaban J connectivity index is 1.37. The standard InChI is InChI=1S/C24H23N3O6S/c1-13(32-2)20(22(29)30)26-21(28)19-12-34-23(25-19)27-24(31)33-11-18-16-9-5-3-7-14(16)15-8-4-6-10-17(15)18/h3-10,12-13,18,20H,11H2,1-2H3,(H,26,28)(H,29,30)(H,25,27,31). The Morgan fingerprint density at radius 3 is 2.29 bits per heavy atom. The molecule has 2 atom stereocenters. The van der Waals surface area contributed by atoms with Gasteiger partial charge in [-0.1, -0.05) is 48.5 Å². The zero-order valence-electron chi connectivity index (χ0n) is 18.5. The van der Waals surface area contributed by atoms with Crippen LogP contribution in [0.1, 0.15) is 34.5 Å². The van der Waals surface area contributed by atoms with E-state index in [1.807, 2.05) is 36.4 Å². The van der Waals surface area contributed by atoms with Crippen LogP contribution in [0.2, 0.25) is 0 Å². The van der Waals surface area contributed by atoms with E-state index in [9.17, 15) is 19.5 Å². The first-order chi connectivity index (χ1) is 16.4. The van der Waals surface area contributed by atoms with Crippen molar-refractivity contribution in [2.75, 3.05) is 19.0 Å². The number of anilines is 1. The van der Waals surface area contributed by atoms with E-state index >= 15 is 0 Å². The molecule has 1 aliphatic carbocycles. The van der Waals surface area contributed by atoms with Gasteiger partial charge in [-0.05, 0) is 29.2 Å². The van der Waals surface area contributed by atoms with Gasteiger partial charge in [0.2, 0.25) is 0 Å². The zero-order valence-corrected chi connectivity index (χ0v) is 19.3. The first-order valence-electron chi connectivity index (χ1n) is 10.5. The lowest BCUT2D eigenvalue weighted by atomic mass is 9.98. The van der Waals surface area contributed by atoms with Gasteiger partial charge in [0, 0.05) is 18.4 Å². The van der Waals surface area contributed by atoms with Crippen LogP contribution in [0.5, 0.6) is 0 Å². The fourth-order valence-corrected chi connectivity index (χ4v) is 4.56. The summed E-state index contributed by atoms with van der Waals surface area (Å²) in [7, 11) is 1.35. The molecule has 0 fully saturated rings. The monoisotopic (exact) mass is 481 g/mol. The molecule has 34 heavy (non-hydrogen) atoms. The van der Waals surface area contributed by atoms with Gasteiger partial charge < -0.3 is 19.9 Å². The molecule has 0 saturated carbocycles. The number of nitrogens with one attached hydrogen (secondary N) is 2. The number of carboxylic acids is 1. The first-order valence-corrected chi connectivity index (χ1v) is 11.4. The maximum atomic E-state index is 12.4. The van der Waals surface area contributed by atoms with Crippen molar-refractivity contribution < 1.29 is 29.0 Å². The number of carboxylic acid groups (broad SMARTS) is 1. The average molecular weight is 482 g/mol. The number of benzene rings is 2. The Labute approximate surface area is 199 Å². The molecule has 0 aliphatic heterocycles. The van der Waals surface area contributed by atoms with Gasteiger partial charge in [0.05, 0.1) is 6.10 Å². The molecule has 3 N–H and O–H groups in total. The SMILES string of the molecule is COC(C)C(NC(=O)c1csc(NC(=O)OCC2c3ccccc3-c3ccccc32)n1)C(=O)O. The van der Waals surface area contributed by atoms with Gasteiger partial charge in [0.25, 0.3) is 5.91 Å². The lowest BCUT2D eigenvalue weighted by Gasteiger charge is -2.19. The fraction of sp³-hybridized carbons (Fsp3) is 0.250. The van der Waals surface area contributed by atoms with Crippen LogP contribution in [0.15, 0.2) is 53.9 Å². The summed E-state index contributed by atoms with van der Waals surface area (Å²) in [6.45, 7) is 1.68. The Kier molecular flexibility index (Phi) is 6.90. The summed E-state index contributed by atoms with van der Waals surface area (Å²) in [5, 5.41) is 15.8. The Morgan fingerprint density at radius 1 is 1.09 bits per heavy atom. The van der Waals surface area contributed by atoms with Crippen molar-refractivity contribution in [3.05, 3.63) is 70.7 Å². The van der Waals surface area contributed by atoms with Crippen molar-refractivity contribution in [3.8, 4) is 11.1 Å². The van der Waals surface area contributed by atoms with Crippen LogP contribution in [0.25, 0.3) is 11.1 Å². The van der Waals surface area contributed by atoms with E-state index in [4.69, 9.17) is 9.47 Å². The van der Waals surface area contributed by atoms with Crippen LogP contribution in [0.4, 0.5) is 9.93 Å². The van der Waals surface area contributed by atoms with Gasteiger partial charge in [-0.3, -0.25) is 10.1 Å². The molecule has 1 heterocycles. The molecule has 1 aliphatic rings. The van der Waals surface area contributed by atoms with E-state index in [1.54, 1.807) is 0 Å². The lowest BCUT2D eigenvalue weighted by Crippen LogP contribution is -2.48. The number of carbonyl (C=O) groups is 3. The fourth-order valence-electron chi connectivity index (χ4n) is 3.89. The van der Waals surface area contributed by atoms with Crippen LogP contribution in [-0.2, 0) is 14.3 Å². The molecule has 0 radical (unpaired) electrons. The van der Waals surface area contributed by atoms with Crippen LogP contribution >= 0.6 is 11.3 Å². The highest BCUT2D eigenvalue weighted by Crippen LogP contribution is 2.44. The van der Waals surface area contributed by atoms with E-state index < -0.39 is 30.1 Å². The number of hydrogen-bond donors (Lipinski definition) is 3. The number of rotatable bonds is 8. The number of nitrogens with zero attached hydrogens (tertiary/aromatic N) is 1. The number of thiazole rings is 1. The molecule has 10 heteroatoms. The molecule has 2 aromatic carbocycles. The number of methoxy groups -OCH3 is 1. The predicted octanol–water partition coefficient (Wildman–Crippen LogP) is 3.72. The van der Waals surface area contributed by atoms with E-state index in [0.717, 1.165) is 33.6 Å². The molecule has 0 spiro atoms. The molecule has 0 bridgehead atoms. The van der Waals surface area contributed by atoms with Crippen molar-refractivity contribution in [3.63, 3.8) is 0 Å². The van der Waals surface area contributed by atoms with Gasteiger partial charge in [-0.15, -0.1) is 11.3 Å². The van der Waals surface area contributed by atoms with E-state index in [-0.39, 0.29) is 23.4 Å². The Bertz CT molecular complexity index is 1180. The number of fused-ring (bicyclic) bond motifs is 3. The van der Waals surface area contributed by atoms with Gasteiger partial charge >= 0.3 is 12.1 Å². The van der Waals surface area contributed by atoms with Crippen molar-refractivity contribution in [1.82, 2.24) is 10.3 Å². The van der Waals surface area contributed by atoms with Crippen molar-refractivity contribution in [2.45, 2.75) is 25.0 Å². The van der Waals surface area contributed by atoms with E-state index in [1.165, 1.54) is 19.4 Å². The summed E-state index contributed by atoms with van der Waals surface area (Å²) >= 11 is 1.03. The summed E-state index contributed by atoms with van der Waals surface area (Å²) in [4.78, 5) is 40.2. The average Bonchev–Trinajstić information content (AvgIpc) is 3.43. The van der Waals surface area contributed by atoms with Crippen molar-refractivity contribution >= 4 is 34.4 Å². The molecule has 3 aromatic rings. The van der Waals surface area contributed by atoms with E-state index in [0.29, 0.717) is 0 Å². The predicted molar refractivity (Wildman–Crippen MR) is 126 cm³/mol. The Hall–Kier alpha value is -3.76. The minimum absolute atomic E-state index is 0.0199. The second kappa shape index (κ2) is 10.0. The second-order valence-corrected chi connectivity index (χ2v) is 8.58. The molecular weight excluding hydrogens is 458 g/mol. The van der Waals surface area contributed by atoms with Gasteiger partial charge in [0.1, 0.15) is 12.3 Å². The van der Waals surface area contributed by atoms with Crippen molar-refractivity contribution in [1.29, 1.82) is 0 Å². The molecule has 2 amide bonds. The largest absolute Gasteiger partial charge is 0.480 e. The van der Waals surface area contributed by atoms with Gasteiger partial charge in [-0.2, -0.15) is 0 Å². The third kappa shape index (κ3) is 4.78. The van der Waals surface area contributed by atoms with Crippen LogP contribution < -0.4 is 10.6 Å². The third-order valence-corrected chi connectivity index (χ3v) is 6.44. The molecule has 2 unspecified atom stereocenters. The molecule has 4 rings (SSSR count). The number of hydrogen-bond acceptors (Lipinski definition) is 7. The van der Waals surface area contributed by atoms with Gasteiger partial charge in [0.15, 0.2) is 11.2 Å².